The van der Waals surface area contributed by atoms with E-state index in [1.165, 1.54) is 5.56 Å². The quantitative estimate of drug-likeness (QED) is 0.855. The predicted octanol–water partition coefficient (Wildman–Crippen LogP) is 3.01. The number of rotatable bonds is 3. The van der Waals surface area contributed by atoms with Crippen LogP contribution in [0.3, 0.4) is 0 Å². The lowest BCUT2D eigenvalue weighted by atomic mass is 10.1. The van der Waals surface area contributed by atoms with Crippen LogP contribution in [0.15, 0.2) is 24.5 Å². The third-order valence-electron chi connectivity index (χ3n) is 2.55. The van der Waals surface area contributed by atoms with Gasteiger partial charge in [0.1, 0.15) is 12.1 Å². The molecular weight excluding hydrogens is 198 g/mol. The number of hydrogen-bond acceptors (Lipinski definition) is 3. The van der Waals surface area contributed by atoms with Gasteiger partial charge in [-0.05, 0) is 24.5 Å². The molecular formula is C13H17N3. The maximum absolute atomic E-state index is 4.32. The Kier molecular flexibility index (Phi) is 3.04. The molecule has 0 aliphatic heterocycles. The Morgan fingerprint density at radius 2 is 2.06 bits per heavy atom. The number of nitrogens with zero attached hydrogens (tertiary/aromatic N) is 2. The lowest BCUT2D eigenvalue weighted by Gasteiger charge is -2.11. The maximum atomic E-state index is 4.32. The topological polar surface area (TPSA) is 37.8 Å². The summed E-state index contributed by atoms with van der Waals surface area (Å²) in [7, 11) is 0. The van der Waals surface area contributed by atoms with Crippen LogP contribution < -0.4 is 5.32 Å². The van der Waals surface area contributed by atoms with E-state index in [1.807, 2.05) is 12.1 Å². The van der Waals surface area contributed by atoms with Gasteiger partial charge in [0, 0.05) is 11.9 Å². The molecule has 0 atom stereocenters. The summed E-state index contributed by atoms with van der Waals surface area (Å²) in [5, 5.41) is 4.51. The van der Waals surface area contributed by atoms with Crippen LogP contribution in [0.4, 0.5) is 5.82 Å². The summed E-state index contributed by atoms with van der Waals surface area (Å²) in [6, 6.07) is 6.13. The minimum Gasteiger partial charge on any atom is -0.369 e. The molecule has 0 unspecified atom stereocenters. The molecule has 1 N–H and O–H groups in total. The molecule has 0 aliphatic rings. The molecule has 84 valence electrons. The third kappa shape index (κ3) is 2.13. The van der Waals surface area contributed by atoms with Crippen molar-refractivity contribution in [3.05, 3.63) is 30.1 Å². The van der Waals surface area contributed by atoms with E-state index in [1.54, 1.807) is 6.33 Å². The Bertz CT molecular complexity index is 486. The highest BCUT2D eigenvalue weighted by molar-refractivity contribution is 5.91. The zero-order valence-electron chi connectivity index (χ0n) is 9.99. The number of anilines is 1. The molecule has 0 fully saturated rings. The fourth-order valence-corrected chi connectivity index (χ4v) is 1.72. The van der Waals surface area contributed by atoms with E-state index in [9.17, 15) is 0 Å². The molecule has 0 saturated heterocycles. The number of fused-ring (bicyclic) bond motifs is 1. The summed E-state index contributed by atoms with van der Waals surface area (Å²) in [5.74, 6) is 1.55. The van der Waals surface area contributed by atoms with Gasteiger partial charge in [-0.25, -0.2) is 9.97 Å². The number of hydrogen-bond donors (Lipinski definition) is 1. The summed E-state index contributed by atoms with van der Waals surface area (Å²) in [6.07, 6.45) is 1.62. The molecule has 2 rings (SSSR count). The van der Waals surface area contributed by atoms with Crippen molar-refractivity contribution in [2.75, 3.05) is 11.9 Å². The molecule has 0 bridgehead atoms. The fourth-order valence-electron chi connectivity index (χ4n) is 1.72. The van der Waals surface area contributed by atoms with Gasteiger partial charge in [-0.2, -0.15) is 0 Å². The predicted molar refractivity (Wildman–Crippen MR) is 67.6 cm³/mol. The van der Waals surface area contributed by atoms with E-state index in [2.05, 4.69) is 42.1 Å². The van der Waals surface area contributed by atoms with Crippen molar-refractivity contribution in [1.82, 2.24) is 9.97 Å². The van der Waals surface area contributed by atoms with Gasteiger partial charge >= 0.3 is 0 Å². The molecule has 0 amide bonds. The van der Waals surface area contributed by atoms with E-state index >= 15 is 0 Å². The average Bonchev–Trinajstić information content (AvgIpc) is 2.26. The second kappa shape index (κ2) is 4.47. The highest BCUT2D eigenvalue weighted by Gasteiger charge is 2.05. The minimum atomic E-state index is 0.606. The van der Waals surface area contributed by atoms with Crippen molar-refractivity contribution >= 4 is 16.7 Å². The zero-order valence-corrected chi connectivity index (χ0v) is 9.99. The maximum Gasteiger partial charge on any atom is 0.137 e. The standard InChI is InChI=1S/C13H17N3/c1-9(2)7-14-13-12-10(3)5-4-6-11(12)15-8-16-13/h4-6,8-9H,7H2,1-3H3,(H,14,15,16). The Morgan fingerprint density at radius 3 is 2.81 bits per heavy atom. The van der Waals surface area contributed by atoms with Gasteiger partial charge in [0.2, 0.25) is 0 Å². The summed E-state index contributed by atoms with van der Waals surface area (Å²) in [4.78, 5) is 8.60. The zero-order chi connectivity index (χ0) is 11.5. The van der Waals surface area contributed by atoms with E-state index in [-0.39, 0.29) is 0 Å². The monoisotopic (exact) mass is 215 g/mol. The van der Waals surface area contributed by atoms with Crippen molar-refractivity contribution in [3.63, 3.8) is 0 Å². The Morgan fingerprint density at radius 1 is 1.25 bits per heavy atom. The highest BCUT2D eigenvalue weighted by Crippen LogP contribution is 2.22. The van der Waals surface area contributed by atoms with E-state index in [0.29, 0.717) is 5.92 Å². The molecule has 3 nitrogen and oxygen atoms in total. The second-order valence-electron chi connectivity index (χ2n) is 4.47. The molecule has 1 aromatic carbocycles. The third-order valence-corrected chi connectivity index (χ3v) is 2.55. The first kappa shape index (κ1) is 10.9. The molecule has 0 saturated carbocycles. The molecule has 3 heteroatoms. The molecule has 0 spiro atoms. The largest absolute Gasteiger partial charge is 0.369 e. The molecule has 2 aromatic rings. The van der Waals surface area contributed by atoms with Crippen LogP contribution in [-0.4, -0.2) is 16.5 Å². The highest BCUT2D eigenvalue weighted by atomic mass is 15.0. The van der Waals surface area contributed by atoms with Crippen LogP contribution in [-0.2, 0) is 0 Å². The van der Waals surface area contributed by atoms with Crippen LogP contribution in [0.2, 0.25) is 0 Å². The Balaban J connectivity index is 2.44. The van der Waals surface area contributed by atoms with Gasteiger partial charge in [0.05, 0.1) is 5.52 Å². The van der Waals surface area contributed by atoms with Crippen molar-refractivity contribution in [2.24, 2.45) is 5.92 Å². The van der Waals surface area contributed by atoms with E-state index < -0.39 is 0 Å². The first-order chi connectivity index (χ1) is 7.68. The lowest BCUT2D eigenvalue weighted by molar-refractivity contribution is 0.687. The molecule has 1 aromatic heterocycles. The van der Waals surface area contributed by atoms with Crippen molar-refractivity contribution < 1.29 is 0 Å². The summed E-state index contributed by atoms with van der Waals surface area (Å²) >= 11 is 0. The Labute approximate surface area is 95.9 Å². The molecule has 16 heavy (non-hydrogen) atoms. The summed E-state index contributed by atoms with van der Waals surface area (Å²) < 4.78 is 0. The Hall–Kier alpha value is -1.64. The first-order valence-corrected chi connectivity index (χ1v) is 5.62. The molecule has 1 heterocycles. The van der Waals surface area contributed by atoms with Gasteiger partial charge in [0.25, 0.3) is 0 Å². The van der Waals surface area contributed by atoms with Crippen molar-refractivity contribution in [3.8, 4) is 0 Å². The van der Waals surface area contributed by atoms with E-state index in [4.69, 9.17) is 0 Å². The number of aryl methyl sites for hydroxylation is 1. The fraction of sp³-hybridized carbons (Fsp3) is 0.385. The summed E-state index contributed by atoms with van der Waals surface area (Å²) in [5.41, 5.74) is 2.21. The van der Waals surface area contributed by atoms with Gasteiger partial charge in [-0.3, -0.25) is 0 Å². The van der Waals surface area contributed by atoms with Crippen molar-refractivity contribution in [1.29, 1.82) is 0 Å². The van der Waals surface area contributed by atoms with Gasteiger partial charge in [-0.15, -0.1) is 0 Å². The number of aromatic nitrogens is 2. The number of nitrogens with one attached hydrogen (secondary N) is 1. The smallest absolute Gasteiger partial charge is 0.137 e. The average molecular weight is 215 g/mol. The van der Waals surface area contributed by atoms with E-state index in [0.717, 1.165) is 23.3 Å². The van der Waals surface area contributed by atoms with Gasteiger partial charge in [-0.1, -0.05) is 26.0 Å². The van der Waals surface area contributed by atoms with Gasteiger partial charge < -0.3 is 5.32 Å². The van der Waals surface area contributed by atoms with Crippen LogP contribution in [0.1, 0.15) is 19.4 Å². The normalized spacial score (nSPS) is 11.0. The van der Waals surface area contributed by atoms with Crippen LogP contribution in [0.25, 0.3) is 10.9 Å². The van der Waals surface area contributed by atoms with Crippen LogP contribution >= 0.6 is 0 Å². The lowest BCUT2D eigenvalue weighted by Crippen LogP contribution is -2.10. The van der Waals surface area contributed by atoms with Crippen molar-refractivity contribution in [2.45, 2.75) is 20.8 Å². The van der Waals surface area contributed by atoms with Gasteiger partial charge in [0.15, 0.2) is 0 Å². The second-order valence-corrected chi connectivity index (χ2v) is 4.47. The molecule has 0 aliphatic carbocycles. The first-order valence-electron chi connectivity index (χ1n) is 5.62. The van der Waals surface area contributed by atoms with Crippen LogP contribution in [0.5, 0.6) is 0 Å². The number of benzene rings is 1. The van der Waals surface area contributed by atoms with Crippen LogP contribution in [0, 0.1) is 12.8 Å². The molecule has 0 radical (unpaired) electrons. The summed E-state index contributed by atoms with van der Waals surface area (Å²) in [6.45, 7) is 7.39. The minimum absolute atomic E-state index is 0.606. The SMILES string of the molecule is Cc1cccc2ncnc(NCC(C)C)c12.